The Morgan fingerprint density at radius 3 is 2.70 bits per heavy atom. The summed E-state index contributed by atoms with van der Waals surface area (Å²) in [4.78, 5) is 25.0. The van der Waals surface area contributed by atoms with E-state index in [9.17, 15) is 20.1 Å². The molecule has 5 aromatic rings. The van der Waals surface area contributed by atoms with Crippen LogP contribution in [0.4, 0.5) is 0 Å². The summed E-state index contributed by atoms with van der Waals surface area (Å²) < 4.78 is 1.40. The molecule has 0 bridgehead atoms. The first-order valence-electron chi connectivity index (χ1n) is 10.6. The maximum Gasteiger partial charge on any atom is 0.240 e. The lowest BCUT2D eigenvalue weighted by atomic mass is 9.99. The zero-order valence-corrected chi connectivity index (χ0v) is 18.1. The minimum absolute atomic E-state index is 0.00478. The summed E-state index contributed by atoms with van der Waals surface area (Å²) in [5.74, 6) is -1.23. The van der Waals surface area contributed by atoms with Gasteiger partial charge in [0.15, 0.2) is 11.5 Å². The minimum Gasteiger partial charge on any atom is -0.506 e. The van der Waals surface area contributed by atoms with Crippen LogP contribution in [0.25, 0.3) is 39.0 Å². The predicted octanol–water partition coefficient (Wildman–Crippen LogP) is 4.91. The standard InChI is InChI=1S/C25H22N4O4/c1-13(2)10-20(31)21-23(17-8-6-14-4-3-5-19(30)22(14)28-17)29(25(33)24(21)32)15-7-9-16-18(11-15)27-12-26-16/h3-9,11-13,30,32-33H,10H2,1-2H3,(H,26,27). The Labute approximate surface area is 188 Å². The number of rotatable bonds is 5. The van der Waals surface area contributed by atoms with Gasteiger partial charge >= 0.3 is 0 Å². The third-order valence-electron chi connectivity index (χ3n) is 5.60. The second-order valence-electron chi connectivity index (χ2n) is 8.40. The first-order chi connectivity index (χ1) is 15.8. The van der Waals surface area contributed by atoms with Crippen LogP contribution in [-0.4, -0.2) is 40.6 Å². The van der Waals surface area contributed by atoms with Gasteiger partial charge in [-0.15, -0.1) is 0 Å². The van der Waals surface area contributed by atoms with Crippen molar-refractivity contribution < 1.29 is 20.1 Å². The molecule has 0 aliphatic carbocycles. The number of benzene rings is 2. The Balaban J connectivity index is 1.83. The number of hydrogen-bond acceptors (Lipinski definition) is 6. The molecular weight excluding hydrogens is 420 g/mol. The van der Waals surface area contributed by atoms with Gasteiger partial charge in [-0.2, -0.15) is 0 Å². The second-order valence-corrected chi connectivity index (χ2v) is 8.40. The molecule has 5 rings (SSSR count). The number of carbonyl (C=O) groups excluding carboxylic acids is 1. The molecule has 0 amide bonds. The van der Waals surface area contributed by atoms with Crippen LogP contribution in [0.3, 0.4) is 0 Å². The Morgan fingerprint density at radius 2 is 1.91 bits per heavy atom. The second kappa shape index (κ2) is 7.67. The average Bonchev–Trinajstić information content (AvgIpc) is 3.35. The van der Waals surface area contributed by atoms with Crippen molar-refractivity contribution in [2.24, 2.45) is 5.92 Å². The van der Waals surface area contributed by atoms with Crippen LogP contribution in [-0.2, 0) is 0 Å². The van der Waals surface area contributed by atoms with Crippen LogP contribution in [0.5, 0.6) is 17.4 Å². The van der Waals surface area contributed by atoms with Crippen LogP contribution < -0.4 is 0 Å². The molecule has 0 radical (unpaired) electrons. The highest BCUT2D eigenvalue weighted by molar-refractivity contribution is 6.06. The van der Waals surface area contributed by atoms with Gasteiger partial charge in [0.05, 0.1) is 40.0 Å². The van der Waals surface area contributed by atoms with Crippen LogP contribution in [0.1, 0.15) is 30.6 Å². The number of nitrogens with one attached hydrogen (secondary N) is 1. The summed E-state index contributed by atoms with van der Waals surface area (Å²) in [6.07, 6.45) is 1.75. The average molecular weight is 442 g/mol. The molecule has 8 nitrogen and oxygen atoms in total. The number of H-pyrrole nitrogens is 1. The smallest absolute Gasteiger partial charge is 0.240 e. The van der Waals surface area contributed by atoms with Crippen LogP contribution >= 0.6 is 0 Å². The topological polar surface area (TPSA) is 124 Å². The lowest BCUT2D eigenvalue weighted by Gasteiger charge is -2.13. The molecule has 0 saturated carbocycles. The van der Waals surface area contributed by atoms with Gasteiger partial charge in [-0.3, -0.25) is 9.36 Å². The maximum atomic E-state index is 13.2. The number of aromatic nitrogens is 4. The summed E-state index contributed by atoms with van der Waals surface area (Å²) in [6, 6.07) is 13.8. The van der Waals surface area contributed by atoms with Gasteiger partial charge in [-0.25, -0.2) is 9.97 Å². The van der Waals surface area contributed by atoms with Crippen LogP contribution in [0, 0.1) is 5.92 Å². The molecule has 2 aromatic carbocycles. The number of fused-ring (bicyclic) bond motifs is 2. The van der Waals surface area contributed by atoms with E-state index in [-0.39, 0.29) is 35.1 Å². The van der Waals surface area contributed by atoms with Gasteiger partial charge in [0.25, 0.3) is 0 Å². The Bertz CT molecular complexity index is 1530. The summed E-state index contributed by atoms with van der Waals surface area (Å²) >= 11 is 0. The first-order valence-corrected chi connectivity index (χ1v) is 10.6. The number of phenolic OH excluding ortho intramolecular Hbond substituents is 1. The highest BCUT2D eigenvalue weighted by atomic mass is 16.3. The first kappa shape index (κ1) is 20.6. The van der Waals surface area contributed by atoms with E-state index < -0.39 is 11.6 Å². The predicted molar refractivity (Wildman–Crippen MR) is 125 cm³/mol. The summed E-state index contributed by atoms with van der Waals surface area (Å²) in [7, 11) is 0. The Hall–Kier alpha value is -4.33. The fourth-order valence-electron chi connectivity index (χ4n) is 4.10. The third-order valence-corrected chi connectivity index (χ3v) is 5.60. The molecule has 0 fully saturated rings. The molecule has 4 N–H and O–H groups in total. The van der Waals surface area contributed by atoms with E-state index in [1.807, 2.05) is 19.9 Å². The van der Waals surface area contributed by atoms with Crippen molar-refractivity contribution in [2.45, 2.75) is 20.3 Å². The Kier molecular flexibility index (Phi) is 4.78. The van der Waals surface area contributed by atoms with E-state index >= 15 is 0 Å². The number of aromatic amines is 1. The highest BCUT2D eigenvalue weighted by Crippen LogP contribution is 2.44. The van der Waals surface area contributed by atoms with E-state index in [1.165, 1.54) is 10.6 Å². The molecule has 0 saturated heterocycles. The number of pyridine rings is 1. The maximum absolute atomic E-state index is 13.2. The molecule has 0 aliphatic rings. The van der Waals surface area contributed by atoms with E-state index in [0.29, 0.717) is 16.9 Å². The molecule has 3 heterocycles. The lowest BCUT2D eigenvalue weighted by Crippen LogP contribution is -2.07. The number of para-hydroxylation sites is 1. The molecule has 0 aliphatic heterocycles. The van der Waals surface area contributed by atoms with Crippen molar-refractivity contribution in [1.29, 1.82) is 0 Å². The van der Waals surface area contributed by atoms with Crippen molar-refractivity contribution in [1.82, 2.24) is 19.5 Å². The fraction of sp³-hybridized carbons (Fsp3) is 0.160. The van der Waals surface area contributed by atoms with Gasteiger partial charge < -0.3 is 20.3 Å². The molecular formula is C25H22N4O4. The lowest BCUT2D eigenvalue weighted by molar-refractivity contribution is 0.0966. The van der Waals surface area contributed by atoms with Gasteiger partial charge in [0.2, 0.25) is 5.88 Å². The fourth-order valence-corrected chi connectivity index (χ4v) is 4.10. The van der Waals surface area contributed by atoms with Crippen LogP contribution in [0.15, 0.2) is 54.9 Å². The largest absolute Gasteiger partial charge is 0.506 e. The SMILES string of the molecule is CC(C)CC(=O)c1c(O)c(O)n(-c2ccc3nc[nH]c3c2)c1-c1ccc2cccc(O)c2n1. The number of ketones is 1. The summed E-state index contributed by atoms with van der Waals surface area (Å²) in [5.41, 5.74) is 2.90. The monoisotopic (exact) mass is 442 g/mol. The number of Topliss-reactive ketones (excluding diaryl/α,β-unsaturated/α-hetero) is 1. The molecule has 0 unspecified atom stereocenters. The Morgan fingerprint density at radius 1 is 1.09 bits per heavy atom. The van der Waals surface area contributed by atoms with Crippen molar-refractivity contribution in [3.8, 4) is 34.5 Å². The van der Waals surface area contributed by atoms with Gasteiger partial charge in [-0.1, -0.05) is 32.0 Å². The van der Waals surface area contributed by atoms with Gasteiger partial charge in [0, 0.05) is 11.8 Å². The number of imidazole rings is 1. The van der Waals surface area contributed by atoms with E-state index in [0.717, 1.165) is 16.4 Å². The molecule has 0 atom stereocenters. The molecule has 8 heteroatoms. The third kappa shape index (κ3) is 3.36. The quantitative estimate of drug-likeness (QED) is 0.287. The van der Waals surface area contributed by atoms with Crippen molar-refractivity contribution in [2.75, 3.05) is 0 Å². The van der Waals surface area contributed by atoms with Crippen molar-refractivity contribution in [3.05, 3.63) is 60.4 Å². The zero-order valence-electron chi connectivity index (χ0n) is 18.1. The van der Waals surface area contributed by atoms with E-state index in [4.69, 9.17) is 0 Å². The summed E-state index contributed by atoms with van der Waals surface area (Å²) in [5, 5.41) is 32.9. The minimum atomic E-state index is -0.500. The summed E-state index contributed by atoms with van der Waals surface area (Å²) in [6.45, 7) is 3.81. The van der Waals surface area contributed by atoms with Crippen LogP contribution in [0.2, 0.25) is 0 Å². The number of phenols is 1. The molecule has 3 aromatic heterocycles. The zero-order chi connectivity index (χ0) is 23.3. The van der Waals surface area contributed by atoms with E-state index in [2.05, 4.69) is 15.0 Å². The van der Waals surface area contributed by atoms with Gasteiger partial charge in [-0.05, 0) is 36.2 Å². The van der Waals surface area contributed by atoms with Crippen molar-refractivity contribution in [3.63, 3.8) is 0 Å². The van der Waals surface area contributed by atoms with Gasteiger partial charge in [0.1, 0.15) is 11.3 Å². The molecule has 33 heavy (non-hydrogen) atoms. The molecule has 166 valence electrons. The normalized spacial score (nSPS) is 11.6. The highest BCUT2D eigenvalue weighted by Gasteiger charge is 2.30. The number of carbonyl (C=O) groups is 1. The number of hydrogen-bond donors (Lipinski definition) is 4. The number of nitrogens with zero attached hydrogens (tertiary/aromatic N) is 3. The number of aromatic hydroxyl groups is 3. The molecule has 0 spiro atoms. The van der Waals surface area contributed by atoms with E-state index in [1.54, 1.807) is 42.7 Å². The van der Waals surface area contributed by atoms with Crippen molar-refractivity contribution >= 4 is 27.7 Å².